The number of pyridine rings is 1. The van der Waals surface area contributed by atoms with Crippen LogP contribution in [0.15, 0.2) is 18.5 Å². The van der Waals surface area contributed by atoms with Crippen LogP contribution in [0.5, 0.6) is 0 Å². The summed E-state index contributed by atoms with van der Waals surface area (Å²) in [7, 11) is 0. The largest absolute Gasteiger partial charge is 0.361 e. The van der Waals surface area contributed by atoms with Crippen molar-refractivity contribution in [1.29, 1.82) is 0 Å². The summed E-state index contributed by atoms with van der Waals surface area (Å²) in [5.41, 5.74) is 2.69. The van der Waals surface area contributed by atoms with E-state index in [1.165, 1.54) is 61.1 Å². The predicted molar refractivity (Wildman–Crippen MR) is 91.5 cm³/mol. The molecule has 2 aromatic heterocycles. The first-order valence-electron chi connectivity index (χ1n) is 8.69. The number of nitrogens with zero attached hydrogens (tertiary/aromatic N) is 3. The molecule has 1 N–H and O–H groups in total. The molecule has 0 saturated carbocycles. The third-order valence-corrected chi connectivity index (χ3v) is 5.44. The highest BCUT2D eigenvalue weighted by Crippen LogP contribution is 2.34. The molecule has 0 radical (unpaired) electrons. The molecule has 4 heterocycles. The Morgan fingerprint density at radius 3 is 2.82 bits per heavy atom. The topological polar surface area (TPSA) is 35.2 Å². The van der Waals surface area contributed by atoms with Crippen LogP contribution in [0.3, 0.4) is 0 Å². The lowest BCUT2D eigenvalue weighted by molar-refractivity contribution is 0.169. The molecular formula is C18H26N4. The van der Waals surface area contributed by atoms with Crippen molar-refractivity contribution in [3.8, 4) is 0 Å². The Bertz CT molecular complexity index is 652. The van der Waals surface area contributed by atoms with E-state index in [0.29, 0.717) is 12.1 Å². The number of nitrogens with one attached hydrogen (secondary N) is 1. The fourth-order valence-electron chi connectivity index (χ4n) is 4.15. The first kappa shape index (κ1) is 14.1. The number of anilines is 1. The third kappa shape index (κ3) is 2.30. The summed E-state index contributed by atoms with van der Waals surface area (Å²) in [6.07, 6.45) is 9.06. The Hall–Kier alpha value is -1.55. The molecule has 4 heteroatoms. The summed E-state index contributed by atoms with van der Waals surface area (Å²) >= 11 is 0. The minimum atomic E-state index is 0.647. The molecular weight excluding hydrogens is 272 g/mol. The second-order valence-corrected chi connectivity index (χ2v) is 7.03. The second kappa shape index (κ2) is 5.58. The monoisotopic (exact) mass is 298 g/mol. The molecule has 0 aromatic carbocycles. The van der Waals surface area contributed by atoms with Crippen LogP contribution in [-0.2, 0) is 6.42 Å². The summed E-state index contributed by atoms with van der Waals surface area (Å²) in [5.74, 6) is 1.22. The van der Waals surface area contributed by atoms with E-state index in [1.807, 2.05) is 6.20 Å². The maximum atomic E-state index is 4.77. The summed E-state index contributed by atoms with van der Waals surface area (Å²) in [6.45, 7) is 8.19. The van der Waals surface area contributed by atoms with Crippen LogP contribution >= 0.6 is 0 Å². The van der Waals surface area contributed by atoms with E-state index in [2.05, 4.69) is 40.9 Å². The maximum absolute atomic E-state index is 4.77. The molecule has 0 spiro atoms. The summed E-state index contributed by atoms with van der Waals surface area (Å²) < 4.78 is 0. The molecule has 4 nitrogen and oxygen atoms in total. The first-order valence-corrected chi connectivity index (χ1v) is 8.69. The molecule has 2 aliphatic heterocycles. The van der Waals surface area contributed by atoms with Gasteiger partial charge in [0, 0.05) is 49.5 Å². The smallest absolute Gasteiger partial charge is 0.138 e. The van der Waals surface area contributed by atoms with Gasteiger partial charge >= 0.3 is 0 Å². The number of H-pyrrole nitrogens is 1. The predicted octanol–water partition coefficient (Wildman–Crippen LogP) is 3.19. The van der Waals surface area contributed by atoms with Gasteiger partial charge < -0.3 is 14.8 Å². The molecule has 2 aliphatic rings. The van der Waals surface area contributed by atoms with E-state index >= 15 is 0 Å². The number of aryl methyl sites for hydroxylation is 1. The Balaban J connectivity index is 1.64. The van der Waals surface area contributed by atoms with Gasteiger partial charge in [0.25, 0.3) is 0 Å². The first-order chi connectivity index (χ1) is 10.7. The molecule has 1 fully saturated rings. The van der Waals surface area contributed by atoms with Crippen LogP contribution in [0, 0.1) is 0 Å². The molecule has 2 aromatic rings. The van der Waals surface area contributed by atoms with Crippen molar-refractivity contribution in [2.24, 2.45) is 0 Å². The fraction of sp³-hybridized carbons (Fsp3) is 0.611. The molecule has 0 unspecified atom stereocenters. The maximum Gasteiger partial charge on any atom is 0.138 e. The van der Waals surface area contributed by atoms with E-state index in [1.54, 1.807) is 0 Å². The number of likely N-dealkylation sites (tertiary alicyclic amines) is 1. The van der Waals surface area contributed by atoms with Gasteiger partial charge in [-0.2, -0.15) is 0 Å². The number of piperidine rings is 1. The Labute approximate surface area is 132 Å². The number of rotatable bonds is 2. The van der Waals surface area contributed by atoms with Gasteiger partial charge in [0.05, 0.1) is 5.52 Å². The number of hydrogen-bond donors (Lipinski definition) is 1. The van der Waals surface area contributed by atoms with Crippen molar-refractivity contribution in [3.63, 3.8) is 0 Å². The van der Waals surface area contributed by atoms with Crippen molar-refractivity contribution in [2.45, 2.75) is 51.6 Å². The molecule has 22 heavy (non-hydrogen) atoms. The summed E-state index contributed by atoms with van der Waals surface area (Å²) in [4.78, 5) is 13.4. The average Bonchev–Trinajstić information content (AvgIpc) is 2.85. The Kier molecular flexibility index (Phi) is 3.57. The minimum absolute atomic E-state index is 0.647. The van der Waals surface area contributed by atoms with Gasteiger partial charge in [-0.3, -0.25) is 0 Å². The summed E-state index contributed by atoms with van der Waals surface area (Å²) in [6, 6.07) is 3.42. The highest BCUT2D eigenvalue weighted by Gasteiger charge is 2.29. The van der Waals surface area contributed by atoms with E-state index in [4.69, 9.17) is 4.98 Å². The molecule has 0 bridgehead atoms. The standard InChI is InChI=1S/C18H26N4/c1-13(2)21-10-6-15(7-11-21)22-9-3-4-14-12-20-16-5-8-19-18(22)17(14)16/h5,8,12-13,15,20H,3-4,6-7,9-11H2,1-2H3. The zero-order chi connectivity index (χ0) is 15.1. The molecule has 4 rings (SSSR count). The lowest BCUT2D eigenvalue weighted by Gasteiger charge is -2.40. The highest BCUT2D eigenvalue weighted by molar-refractivity contribution is 5.93. The van der Waals surface area contributed by atoms with Gasteiger partial charge in [-0.1, -0.05) is 0 Å². The zero-order valence-corrected chi connectivity index (χ0v) is 13.7. The highest BCUT2D eigenvalue weighted by atomic mass is 15.2. The van der Waals surface area contributed by atoms with E-state index < -0.39 is 0 Å². The van der Waals surface area contributed by atoms with Gasteiger partial charge in [0.15, 0.2) is 0 Å². The molecule has 118 valence electrons. The van der Waals surface area contributed by atoms with Gasteiger partial charge in [-0.25, -0.2) is 4.98 Å². The number of aromatic nitrogens is 2. The van der Waals surface area contributed by atoms with Crippen LogP contribution in [0.1, 0.15) is 38.7 Å². The van der Waals surface area contributed by atoms with Gasteiger partial charge in [-0.15, -0.1) is 0 Å². The minimum Gasteiger partial charge on any atom is -0.361 e. The Morgan fingerprint density at radius 2 is 2.05 bits per heavy atom. The molecule has 0 atom stereocenters. The normalized spacial score (nSPS) is 20.8. The van der Waals surface area contributed by atoms with Crippen molar-refractivity contribution in [1.82, 2.24) is 14.9 Å². The summed E-state index contributed by atoms with van der Waals surface area (Å²) in [5, 5.41) is 1.37. The lowest BCUT2D eigenvalue weighted by atomic mass is 10.0. The van der Waals surface area contributed by atoms with Crippen molar-refractivity contribution in [3.05, 3.63) is 24.0 Å². The van der Waals surface area contributed by atoms with Crippen molar-refractivity contribution in [2.75, 3.05) is 24.5 Å². The molecule has 1 saturated heterocycles. The van der Waals surface area contributed by atoms with Gasteiger partial charge in [0.1, 0.15) is 5.82 Å². The van der Waals surface area contributed by atoms with Crippen LogP contribution in [0.2, 0.25) is 0 Å². The van der Waals surface area contributed by atoms with Crippen LogP contribution in [0.4, 0.5) is 5.82 Å². The zero-order valence-electron chi connectivity index (χ0n) is 13.7. The molecule has 0 amide bonds. The molecule has 0 aliphatic carbocycles. The number of hydrogen-bond acceptors (Lipinski definition) is 3. The van der Waals surface area contributed by atoms with Crippen molar-refractivity contribution < 1.29 is 0 Å². The van der Waals surface area contributed by atoms with Crippen LogP contribution in [0.25, 0.3) is 10.9 Å². The van der Waals surface area contributed by atoms with Crippen LogP contribution in [-0.4, -0.2) is 46.6 Å². The van der Waals surface area contributed by atoms with Crippen LogP contribution < -0.4 is 4.90 Å². The van der Waals surface area contributed by atoms with Gasteiger partial charge in [-0.05, 0) is 51.2 Å². The SMILES string of the molecule is CC(C)N1CCC(N2CCCc3c[nH]c4ccnc2c34)CC1. The van der Waals surface area contributed by atoms with Crippen molar-refractivity contribution >= 4 is 16.7 Å². The average molecular weight is 298 g/mol. The fourth-order valence-corrected chi connectivity index (χ4v) is 4.15. The third-order valence-electron chi connectivity index (χ3n) is 5.44. The van der Waals surface area contributed by atoms with Gasteiger partial charge in [0.2, 0.25) is 0 Å². The quantitative estimate of drug-likeness (QED) is 0.925. The number of aromatic amines is 1. The second-order valence-electron chi connectivity index (χ2n) is 7.03. The van der Waals surface area contributed by atoms with E-state index in [-0.39, 0.29) is 0 Å². The van der Waals surface area contributed by atoms with E-state index in [0.717, 1.165) is 6.54 Å². The van der Waals surface area contributed by atoms with E-state index in [9.17, 15) is 0 Å². The Morgan fingerprint density at radius 1 is 1.23 bits per heavy atom. The lowest BCUT2D eigenvalue weighted by Crippen LogP contribution is -2.47.